The molecule has 0 bridgehead atoms. The zero-order valence-corrected chi connectivity index (χ0v) is 14.6. The number of hydrogen-bond acceptors (Lipinski definition) is 4. The molecule has 4 nitrogen and oxygen atoms in total. The van der Waals surface area contributed by atoms with Gasteiger partial charge in [0.25, 0.3) is 0 Å². The predicted molar refractivity (Wildman–Crippen MR) is 86.3 cm³/mol. The average Bonchev–Trinajstić information content (AvgIpc) is 3.07. The molecule has 0 aliphatic carbocycles. The van der Waals surface area contributed by atoms with Crippen LogP contribution in [0.5, 0.6) is 0 Å². The Morgan fingerprint density at radius 3 is 2.46 bits per heavy atom. The van der Waals surface area contributed by atoms with Gasteiger partial charge in [0, 0.05) is 28.7 Å². The van der Waals surface area contributed by atoms with Crippen LogP contribution in [0.2, 0.25) is 0 Å². The molecule has 1 N–H and O–H groups in total. The van der Waals surface area contributed by atoms with Crippen molar-refractivity contribution in [2.75, 3.05) is 0 Å². The summed E-state index contributed by atoms with van der Waals surface area (Å²) < 4.78 is 63.4. The van der Waals surface area contributed by atoms with Gasteiger partial charge in [-0.3, -0.25) is 4.98 Å². The molecule has 9 heteroatoms. The van der Waals surface area contributed by atoms with Crippen molar-refractivity contribution in [3.8, 4) is 0 Å². The lowest BCUT2D eigenvalue weighted by molar-refractivity contribution is -0.200. The zero-order chi connectivity index (χ0) is 18.9. The zero-order valence-electron chi connectivity index (χ0n) is 13.0. The number of hydrogen-bond donors (Lipinski definition) is 1. The molecule has 2 aromatic heterocycles. The summed E-state index contributed by atoms with van der Waals surface area (Å²) in [7, 11) is 0. The van der Waals surface area contributed by atoms with Crippen molar-refractivity contribution in [2.45, 2.75) is 17.9 Å². The Morgan fingerprint density at radius 2 is 1.88 bits per heavy atom. The number of aromatic nitrogens is 2. The number of rotatable bonds is 5. The van der Waals surface area contributed by atoms with Crippen LogP contribution in [0.3, 0.4) is 0 Å². The van der Waals surface area contributed by atoms with E-state index in [4.69, 9.17) is 4.42 Å². The molecule has 1 unspecified atom stereocenters. The Morgan fingerprint density at radius 1 is 1.12 bits per heavy atom. The Bertz CT molecular complexity index is 904. The van der Waals surface area contributed by atoms with Gasteiger partial charge < -0.3 is 9.52 Å². The molecule has 0 spiro atoms. The minimum atomic E-state index is -4.03. The van der Waals surface area contributed by atoms with Gasteiger partial charge in [-0.1, -0.05) is 6.07 Å². The Hall–Kier alpha value is -2.26. The van der Waals surface area contributed by atoms with Gasteiger partial charge in [0.05, 0.1) is 6.20 Å². The molecule has 0 fully saturated rings. The third-order valence-corrected chi connectivity index (χ3v) is 4.33. The lowest BCUT2D eigenvalue weighted by Crippen LogP contribution is -2.46. The fourth-order valence-corrected chi connectivity index (χ4v) is 2.79. The molecule has 136 valence electrons. The highest BCUT2D eigenvalue weighted by Crippen LogP contribution is 2.47. The second-order valence-corrected chi connectivity index (χ2v) is 6.48. The molecule has 26 heavy (non-hydrogen) atoms. The summed E-state index contributed by atoms with van der Waals surface area (Å²) in [5.74, 6) is -6.41. The van der Waals surface area contributed by atoms with E-state index in [0.29, 0.717) is 10.5 Å². The molecule has 1 atom stereocenters. The van der Waals surface area contributed by atoms with E-state index in [1.807, 2.05) is 0 Å². The fraction of sp³-hybridized carbons (Fsp3) is 0.176. The van der Waals surface area contributed by atoms with Crippen LogP contribution in [0.4, 0.5) is 17.6 Å². The van der Waals surface area contributed by atoms with E-state index in [1.54, 1.807) is 0 Å². The van der Waals surface area contributed by atoms with Gasteiger partial charge in [-0.15, -0.1) is 0 Å². The van der Waals surface area contributed by atoms with Crippen LogP contribution in [-0.2, 0) is 17.9 Å². The van der Waals surface area contributed by atoms with Crippen molar-refractivity contribution in [1.29, 1.82) is 0 Å². The molecule has 3 aromatic rings. The summed E-state index contributed by atoms with van der Waals surface area (Å²) in [6.07, 6.45) is 2.43. The Balaban J connectivity index is 2.17. The normalized spacial score (nSPS) is 14.2. The quantitative estimate of drug-likeness (QED) is 0.611. The van der Waals surface area contributed by atoms with Gasteiger partial charge in [0.1, 0.15) is 23.1 Å². The predicted octanol–water partition coefficient (Wildman–Crippen LogP) is 4.33. The molecule has 0 aliphatic heterocycles. The summed E-state index contributed by atoms with van der Waals surface area (Å²) >= 11 is 3.08. The number of alkyl halides is 2. The van der Waals surface area contributed by atoms with Crippen LogP contribution in [0.15, 0.2) is 58.0 Å². The molecule has 2 heterocycles. The van der Waals surface area contributed by atoms with Gasteiger partial charge in [0.2, 0.25) is 0 Å². The van der Waals surface area contributed by atoms with Gasteiger partial charge in [-0.05, 0) is 34.1 Å². The van der Waals surface area contributed by atoms with Crippen molar-refractivity contribution < 1.29 is 27.1 Å². The van der Waals surface area contributed by atoms with Gasteiger partial charge in [0.15, 0.2) is 12.0 Å². The Labute approximate surface area is 153 Å². The summed E-state index contributed by atoms with van der Waals surface area (Å²) in [6.45, 7) is 0. The van der Waals surface area contributed by atoms with Gasteiger partial charge >= 0.3 is 5.92 Å². The average molecular weight is 431 g/mol. The molecule has 0 amide bonds. The van der Waals surface area contributed by atoms with E-state index in [0.717, 1.165) is 37.0 Å². The highest BCUT2D eigenvalue weighted by molar-refractivity contribution is 9.10. The van der Waals surface area contributed by atoms with Crippen LogP contribution in [0.1, 0.15) is 17.0 Å². The summed E-state index contributed by atoms with van der Waals surface area (Å²) in [4.78, 5) is 7.22. The van der Waals surface area contributed by atoms with E-state index in [2.05, 4.69) is 25.9 Å². The third kappa shape index (κ3) is 3.24. The van der Waals surface area contributed by atoms with E-state index in [-0.39, 0.29) is 5.76 Å². The number of benzene rings is 1. The molecule has 0 radical (unpaired) electrons. The lowest BCUT2D eigenvalue weighted by Gasteiger charge is -2.35. The number of aliphatic hydroxyl groups is 1. The van der Waals surface area contributed by atoms with Crippen LogP contribution in [0, 0.1) is 11.6 Å². The minimum absolute atomic E-state index is 0.104. The molecular weight excluding hydrogens is 420 g/mol. The van der Waals surface area contributed by atoms with E-state index in [1.165, 1.54) is 6.07 Å². The number of pyridine rings is 1. The number of oxazole rings is 1. The molecule has 1 aromatic carbocycles. The lowest BCUT2D eigenvalue weighted by atomic mass is 9.81. The largest absolute Gasteiger partial charge is 0.448 e. The highest BCUT2D eigenvalue weighted by Gasteiger charge is 2.57. The first-order valence-corrected chi connectivity index (χ1v) is 8.08. The maximum absolute atomic E-state index is 15.2. The van der Waals surface area contributed by atoms with Crippen molar-refractivity contribution in [1.82, 2.24) is 9.97 Å². The standard InChI is InChI=1S/C17H11BrF4N2O2/c18-10-1-4-15(24-7-10)17(21,22)16(25,6-12-8-23-9-26-12)13-3-2-11(19)5-14(13)20/h1-5,7-9,25H,6H2. The smallest absolute Gasteiger partial charge is 0.322 e. The van der Waals surface area contributed by atoms with Crippen LogP contribution in [0.25, 0.3) is 0 Å². The van der Waals surface area contributed by atoms with Crippen LogP contribution >= 0.6 is 15.9 Å². The molecule has 0 aliphatic rings. The number of nitrogens with zero attached hydrogens (tertiary/aromatic N) is 2. The Kier molecular flexibility index (Phi) is 4.85. The van der Waals surface area contributed by atoms with Crippen molar-refractivity contribution in [3.63, 3.8) is 0 Å². The van der Waals surface area contributed by atoms with Crippen molar-refractivity contribution in [2.24, 2.45) is 0 Å². The molecule has 0 saturated heterocycles. The van der Waals surface area contributed by atoms with Crippen molar-refractivity contribution in [3.05, 3.63) is 82.2 Å². The monoisotopic (exact) mass is 430 g/mol. The van der Waals surface area contributed by atoms with Crippen LogP contribution < -0.4 is 0 Å². The van der Waals surface area contributed by atoms with Gasteiger partial charge in [-0.25, -0.2) is 13.8 Å². The van der Waals surface area contributed by atoms with Gasteiger partial charge in [-0.2, -0.15) is 8.78 Å². The van der Waals surface area contributed by atoms with E-state index >= 15 is 8.78 Å². The van der Waals surface area contributed by atoms with E-state index in [9.17, 15) is 13.9 Å². The molecule has 3 rings (SSSR count). The first kappa shape index (κ1) is 18.5. The maximum Gasteiger partial charge on any atom is 0.322 e. The highest BCUT2D eigenvalue weighted by atomic mass is 79.9. The summed E-state index contributed by atoms with van der Waals surface area (Å²) in [5.41, 5.74) is -4.66. The molecular formula is C17H11BrF4N2O2. The molecule has 0 saturated carbocycles. The van der Waals surface area contributed by atoms with E-state index < -0.39 is 40.8 Å². The second-order valence-electron chi connectivity index (χ2n) is 5.57. The topological polar surface area (TPSA) is 59.2 Å². The first-order chi connectivity index (χ1) is 12.2. The van der Waals surface area contributed by atoms with Crippen LogP contribution in [-0.4, -0.2) is 15.1 Å². The van der Waals surface area contributed by atoms with Crippen molar-refractivity contribution >= 4 is 15.9 Å². The number of halogens is 5. The fourth-order valence-electron chi connectivity index (χ4n) is 2.56. The summed E-state index contributed by atoms with van der Waals surface area (Å²) in [5, 5.41) is 10.9. The third-order valence-electron chi connectivity index (χ3n) is 3.86. The maximum atomic E-state index is 15.2. The summed E-state index contributed by atoms with van der Waals surface area (Å²) in [6, 6.07) is 4.29. The first-order valence-electron chi connectivity index (χ1n) is 7.29. The SMILES string of the molecule is OC(Cc1cnco1)(c1ccc(F)cc1F)C(F)(F)c1ccc(Br)cn1. The minimum Gasteiger partial charge on any atom is -0.448 e. The second kappa shape index (κ2) is 6.81.